The van der Waals surface area contributed by atoms with Gasteiger partial charge in [0.25, 0.3) is 5.91 Å². The molecule has 2 amide bonds. The molecule has 1 atom stereocenters. The van der Waals surface area contributed by atoms with E-state index in [1.165, 1.54) is 32.5 Å². The van der Waals surface area contributed by atoms with E-state index in [9.17, 15) is 19.5 Å². The zero-order valence-electron chi connectivity index (χ0n) is 23.4. The van der Waals surface area contributed by atoms with Gasteiger partial charge in [-0.1, -0.05) is 24.3 Å². The summed E-state index contributed by atoms with van der Waals surface area (Å²) in [6, 6.07) is 15.1. The van der Waals surface area contributed by atoms with E-state index in [0.717, 1.165) is 11.1 Å². The first kappa shape index (κ1) is 27.6. The number of fused-ring (bicyclic) bond motifs is 1. The molecule has 0 saturated carbocycles. The van der Waals surface area contributed by atoms with Gasteiger partial charge in [0.05, 0.1) is 29.7 Å². The van der Waals surface area contributed by atoms with Gasteiger partial charge < -0.3 is 15.2 Å². The number of rotatable bonds is 5. The highest BCUT2D eigenvalue weighted by atomic mass is 16.6. The zero-order chi connectivity index (χ0) is 29.3. The predicted octanol–water partition coefficient (Wildman–Crippen LogP) is 3.87. The zero-order valence-corrected chi connectivity index (χ0v) is 23.4. The fraction of sp³-hybridized carbons (Fsp3) is 0.300. The third-order valence-electron chi connectivity index (χ3n) is 6.81. The van der Waals surface area contributed by atoms with Crippen molar-refractivity contribution in [2.24, 2.45) is 0 Å². The van der Waals surface area contributed by atoms with Gasteiger partial charge in [0.1, 0.15) is 23.4 Å². The third-order valence-corrected chi connectivity index (χ3v) is 6.81. The molecule has 2 N–H and O–H groups in total. The minimum absolute atomic E-state index is 0.0106. The highest BCUT2D eigenvalue weighted by Gasteiger charge is 2.36. The molecule has 2 aromatic heterocycles. The molecule has 11 nitrogen and oxygen atoms in total. The number of hydrogen-bond donors (Lipinski definition) is 2. The van der Waals surface area contributed by atoms with Crippen LogP contribution in [0.4, 0.5) is 4.79 Å². The van der Waals surface area contributed by atoms with Crippen molar-refractivity contribution in [1.29, 1.82) is 0 Å². The monoisotopic (exact) mass is 556 g/mol. The lowest BCUT2D eigenvalue weighted by Crippen LogP contribution is -2.48. The van der Waals surface area contributed by atoms with Crippen molar-refractivity contribution in [2.45, 2.75) is 59.0 Å². The summed E-state index contributed by atoms with van der Waals surface area (Å²) in [5, 5.41) is 12.8. The van der Waals surface area contributed by atoms with Crippen LogP contribution in [0.1, 0.15) is 49.4 Å². The van der Waals surface area contributed by atoms with E-state index >= 15 is 0 Å². The lowest BCUT2D eigenvalue weighted by atomic mass is 10.0. The highest BCUT2D eigenvalue weighted by molar-refractivity contribution is 5.94. The fourth-order valence-electron chi connectivity index (χ4n) is 4.89. The van der Waals surface area contributed by atoms with E-state index in [1.54, 1.807) is 45.2 Å². The molecule has 1 aliphatic rings. The number of imidazole rings is 1. The van der Waals surface area contributed by atoms with E-state index in [4.69, 9.17) is 4.74 Å². The number of benzene rings is 2. The van der Waals surface area contributed by atoms with E-state index in [-0.39, 0.29) is 37.1 Å². The van der Waals surface area contributed by atoms with Crippen molar-refractivity contribution in [1.82, 2.24) is 29.3 Å². The second kappa shape index (κ2) is 10.9. The molecule has 1 aliphatic heterocycles. The molecule has 11 heteroatoms. The average molecular weight is 557 g/mol. The van der Waals surface area contributed by atoms with Crippen LogP contribution in [-0.4, -0.2) is 52.8 Å². The smallest absolute Gasteiger partial charge is 0.410 e. The Labute approximate surface area is 237 Å². The first-order valence-corrected chi connectivity index (χ1v) is 13.3. The van der Waals surface area contributed by atoms with Crippen molar-refractivity contribution in [3.8, 4) is 22.7 Å². The van der Waals surface area contributed by atoms with E-state index in [0.29, 0.717) is 17.1 Å². The first-order valence-electron chi connectivity index (χ1n) is 13.3. The largest absolute Gasteiger partial charge is 0.508 e. The maximum absolute atomic E-state index is 13.9. The van der Waals surface area contributed by atoms with Crippen LogP contribution in [-0.2, 0) is 24.4 Å². The van der Waals surface area contributed by atoms with Gasteiger partial charge >= 0.3 is 11.8 Å². The summed E-state index contributed by atoms with van der Waals surface area (Å²) in [7, 11) is 0. The Morgan fingerprint density at radius 1 is 1.10 bits per heavy atom. The molecule has 4 aromatic rings. The predicted molar refractivity (Wildman–Crippen MR) is 152 cm³/mol. The second-order valence-corrected chi connectivity index (χ2v) is 10.9. The van der Waals surface area contributed by atoms with Crippen molar-refractivity contribution in [3.63, 3.8) is 0 Å². The molecule has 1 unspecified atom stereocenters. The summed E-state index contributed by atoms with van der Waals surface area (Å²) in [5.41, 5.74) is 2.20. The molecular weight excluding hydrogens is 524 g/mol. The van der Waals surface area contributed by atoms with Crippen molar-refractivity contribution in [3.05, 3.63) is 94.6 Å². The summed E-state index contributed by atoms with van der Waals surface area (Å²) in [4.78, 5) is 50.5. The molecule has 0 aliphatic carbocycles. The molecule has 2 aromatic carbocycles. The van der Waals surface area contributed by atoms with Crippen molar-refractivity contribution >= 4 is 12.0 Å². The van der Waals surface area contributed by atoms with Gasteiger partial charge in [-0.25, -0.2) is 19.6 Å². The second-order valence-electron chi connectivity index (χ2n) is 10.9. The van der Waals surface area contributed by atoms with E-state index in [1.807, 2.05) is 31.2 Å². The van der Waals surface area contributed by atoms with Gasteiger partial charge in [0.15, 0.2) is 0 Å². The Kier molecular flexibility index (Phi) is 7.36. The van der Waals surface area contributed by atoms with Gasteiger partial charge in [-0.15, -0.1) is 0 Å². The molecule has 0 radical (unpaired) electrons. The summed E-state index contributed by atoms with van der Waals surface area (Å²) >= 11 is 0. The Bertz CT molecular complexity index is 1640. The van der Waals surface area contributed by atoms with Crippen LogP contribution >= 0.6 is 0 Å². The van der Waals surface area contributed by atoms with Crippen LogP contribution in [0.2, 0.25) is 0 Å². The van der Waals surface area contributed by atoms with Gasteiger partial charge in [-0.05, 0) is 63.6 Å². The minimum Gasteiger partial charge on any atom is -0.508 e. The SMILES string of the molecule is CC1Cn2c(c(C(=O)NCc3ccccc3-c3ccncn3)n(-c3ccc(O)cc3)c2=O)CN1C(=O)OC(C)(C)C. The number of carbonyl (C=O) groups excluding carboxylic acids is 2. The molecular formula is C30H32N6O5. The lowest BCUT2D eigenvalue weighted by molar-refractivity contribution is 0.00951. The number of aromatic nitrogens is 4. The van der Waals surface area contributed by atoms with E-state index < -0.39 is 23.3 Å². The molecule has 3 heterocycles. The van der Waals surface area contributed by atoms with E-state index in [2.05, 4.69) is 15.3 Å². The number of nitrogens with one attached hydrogen (secondary N) is 1. The molecule has 41 heavy (non-hydrogen) atoms. The normalized spacial score (nSPS) is 14.8. The number of phenols is 1. The van der Waals surface area contributed by atoms with Gasteiger partial charge in [-0.3, -0.25) is 18.8 Å². The maximum Gasteiger partial charge on any atom is 0.410 e. The van der Waals surface area contributed by atoms with Crippen LogP contribution in [0.15, 0.2) is 71.9 Å². The van der Waals surface area contributed by atoms with Crippen LogP contribution in [0.25, 0.3) is 16.9 Å². The maximum atomic E-state index is 13.9. The fourth-order valence-corrected chi connectivity index (χ4v) is 4.89. The summed E-state index contributed by atoms with van der Waals surface area (Å²) in [6.45, 7) is 7.56. The third kappa shape index (κ3) is 5.69. The number of nitrogens with zero attached hydrogens (tertiary/aromatic N) is 5. The molecule has 0 bridgehead atoms. The summed E-state index contributed by atoms with van der Waals surface area (Å²) in [6.07, 6.45) is 2.59. The number of carbonyl (C=O) groups is 2. The van der Waals surface area contributed by atoms with Crippen LogP contribution in [0, 0.1) is 0 Å². The number of aromatic hydroxyl groups is 1. The topological polar surface area (TPSA) is 132 Å². The Morgan fingerprint density at radius 3 is 2.51 bits per heavy atom. The highest BCUT2D eigenvalue weighted by Crippen LogP contribution is 2.26. The summed E-state index contributed by atoms with van der Waals surface area (Å²) in [5.74, 6) is -0.456. The molecule has 0 saturated heterocycles. The molecule has 0 spiro atoms. The standard InChI is InChI=1S/C30H32N6O5/c1-19-16-35-25(17-34(19)29(40)41-30(2,3)4)26(36(28(35)39)21-9-11-22(37)12-10-21)27(38)32-15-20-7-5-6-8-23(20)24-13-14-31-18-33-24/h5-14,18-19,37H,15-17H2,1-4H3,(H,32,38). The van der Waals surface area contributed by atoms with Gasteiger partial charge in [0, 0.05) is 24.8 Å². The van der Waals surface area contributed by atoms with Crippen LogP contribution < -0.4 is 11.0 Å². The number of hydrogen-bond acceptors (Lipinski definition) is 7. The molecule has 212 valence electrons. The van der Waals surface area contributed by atoms with Crippen molar-refractivity contribution in [2.75, 3.05) is 0 Å². The average Bonchev–Trinajstić information content (AvgIpc) is 3.22. The Morgan fingerprint density at radius 2 is 1.83 bits per heavy atom. The summed E-state index contributed by atoms with van der Waals surface area (Å²) < 4.78 is 8.47. The van der Waals surface area contributed by atoms with Crippen molar-refractivity contribution < 1.29 is 19.4 Å². The molecule has 5 rings (SSSR count). The number of ether oxygens (including phenoxy) is 1. The quantitative estimate of drug-likeness (QED) is 0.381. The minimum atomic E-state index is -0.705. The Balaban J connectivity index is 1.53. The van der Waals surface area contributed by atoms with Crippen LogP contribution in [0.5, 0.6) is 5.75 Å². The lowest BCUT2D eigenvalue weighted by Gasteiger charge is -2.35. The van der Waals surface area contributed by atoms with Crippen LogP contribution in [0.3, 0.4) is 0 Å². The molecule has 0 fully saturated rings. The number of phenolic OH excluding ortho intramolecular Hbond substituents is 1. The first-order chi connectivity index (χ1) is 19.5. The van der Waals surface area contributed by atoms with Gasteiger partial charge in [-0.2, -0.15) is 0 Å². The van der Waals surface area contributed by atoms with Gasteiger partial charge in [0.2, 0.25) is 0 Å². The number of amides is 2. The Hall–Kier alpha value is -4.93.